The summed E-state index contributed by atoms with van der Waals surface area (Å²) < 4.78 is 28.3. The molecule has 0 saturated carbocycles. The molecule has 0 saturated heterocycles. The topological polar surface area (TPSA) is 80.7 Å². The first-order chi connectivity index (χ1) is 9.79. The molecule has 0 heterocycles. The van der Waals surface area contributed by atoms with Crippen molar-refractivity contribution < 1.29 is 23.1 Å². The molecule has 0 unspecified atom stereocenters. The van der Waals surface area contributed by atoms with E-state index in [1.54, 1.807) is 19.1 Å². The molecule has 0 amide bonds. The molecule has 21 heavy (non-hydrogen) atoms. The standard InChI is InChI=1S/C15H14O5S/c1-10-13(15(16)17)4-3-5-14(10)20-11-6-8-12(9-7-11)21(2,18)19/h3-9H,1-2H3,(H,16,17). The third kappa shape index (κ3) is 3.41. The van der Waals surface area contributed by atoms with Crippen molar-refractivity contribution in [2.45, 2.75) is 11.8 Å². The van der Waals surface area contributed by atoms with Crippen molar-refractivity contribution in [1.29, 1.82) is 0 Å². The molecule has 0 aliphatic rings. The first kappa shape index (κ1) is 15.1. The predicted octanol–water partition coefficient (Wildman–Crippen LogP) is 2.89. The highest BCUT2D eigenvalue weighted by atomic mass is 32.2. The van der Waals surface area contributed by atoms with Gasteiger partial charge >= 0.3 is 5.97 Å². The number of carboxylic acid groups (broad SMARTS) is 1. The zero-order chi connectivity index (χ0) is 15.6. The number of hydrogen-bond acceptors (Lipinski definition) is 4. The lowest BCUT2D eigenvalue weighted by Gasteiger charge is -2.10. The Labute approximate surface area is 122 Å². The van der Waals surface area contributed by atoms with E-state index in [9.17, 15) is 13.2 Å². The summed E-state index contributed by atoms with van der Waals surface area (Å²) in [6.07, 6.45) is 1.13. The second-order valence-electron chi connectivity index (χ2n) is 4.58. The minimum atomic E-state index is -3.25. The highest BCUT2D eigenvalue weighted by Crippen LogP contribution is 2.27. The van der Waals surface area contributed by atoms with Crippen molar-refractivity contribution in [3.63, 3.8) is 0 Å². The van der Waals surface area contributed by atoms with E-state index in [1.807, 2.05) is 0 Å². The summed E-state index contributed by atoms with van der Waals surface area (Å²) in [5.41, 5.74) is 0.678. The van der Waals surface area contributed by atoms with Crippen LogP contribution >= 0.6 is 0 Å². The van der Waals surface area contributed by atoms with Crippen LogP contribution in [0.25, 0.3) is 0 Å². The molecule has 0 atom stereocenters. The Morgan fingerprint density at radius 2 is 1.71 bits per heavy atom. The third-order valence-electron chi connectivity index (χ3n) is 2.99. The second-order valence-corrected chi connectivity index (χ2v) is 6.60. The lowest BCUT2D eigenvalue weighted by atomic mass is 10.1. The largest absolute Gasteiger partial charge is 0.478 e. The molecule has 0 radical (unpaired) electrons. The van der Waals surface area contributed by atoms with Gasteiger partial charge in [0.2, 0.25) is 0 Å². The van der Waals surface area contributed by atoms with Crippen molar-refractivity contribution >= 4 is 15.8 Å². The van der Waals surface area contributed by atoms with Gasteiger partial charge in [-0.1, -0.05) is 6.07 Å². The number of rotatable bonds is 4. The zero-order valence-electron chi connectivity index (χ0n) is 11.5. The fourth-order valence-corrected chi connectivity index (χ4v) is 2.47. The molecule has 0 fully saturated rings. The van der Waals surface area contributed by atoms with Gasteiger partial charge in [-0.2, -0.15) is 0 Å². The summed E-state index contributed by atoms with van der Waals surface area (Å²) in [7, 11) is -3.25. The van der Waals surface area contributed by atoms with Gasteiger partial charge in [0.25, 0.3) is 0 Å². The molecule has 0 aliphatic carbocycles. The number of hydrogen-bond donors (Lipinski definition) is 1. The molecule has 2 aromatic carbocycles. The molecule has 110 valence electrons. The van der Waals surface area contributed by atoms with E-state index >= 15 is 0 Å². The van der Waals surface area contributed by atoms with E-state index in [0.717, 1.165) is 6.26 Å². The maximum Gasteiger partial charge on any atom is 0.336 e. The van der Waals surface area contributed by atoms with Gasteiger partial charge in [0.05, 0.1) is 10.5 Å². The second kappa shape index (κ2) is 5.57. The Bertz CT molecular complexity index is 776. The SMILES string of the molecule is Cc1c(Oc2ccc(S(C)(=O)=O)cc2)cccc1C(=O)O. The predicted molar refractivity (Wildman–Crippen MR) is 77.8 cm³/mol. The van der Waals surface area contributed by atoms with Crippen molar-refractivity contribution in [2.24, 2.45) is 0 Å². The summed E-state index contributed by atoms with van der Waals surface area (Å²) in [5.74, 6) is -0.166. The van der Waals surface area contributed by atoms with Gasteiger partial charge in [0.15, 0.2) is 9.84 Å². The summed E-state index contributed by atoms with van der Waals surface area (Å²) in [6, 6.07) is 10.7. The Morgan fingerprint density at radius 1 is 1.10 bits per heavy atom. The van der Waals surface area contributed by atoms with Crippen LogP contribution in [-0.4, -0.2) is 25.7 Å². The van der Waals surface area contributed by atoms with Gasteiger partial charge in [-0.15, -0.1) is 0 Å². The van der Waals surface area contributed by atoms with Crippen LogP contribution in [0.3, 0.4) is 0 Å². The van der Waals surface area contributed by atoms with Gasteiger partial charge in [-0.05, 0) is 43.3 Å². The maximum atomic E-state index is 11.4. The van der Waals surface area contributed by atoms with Crippen LogP contribution in [-0.2, 0) is 9.84 Å². The van der Waals surface area contributed by atoms with E-state index in [2.05, 4.69) is 0 Å². The number of carbonyl (C=O) groups is 1. The molecular formula is C15H14O5S. The number of sulfone groups is 1. The van der Waals surface area contributed by atoms with E-state index in [-0.39, 0.29) is 10.5 Å². The number of benzene rings is 2. The smallest absolute Gasteiger partial charge is 0.336 e. The summed E-state index contributed by atoms with van der Waals surface area (Å²) >= 11 is 0. The molecule has 1 N–H and O–H groups in total. The van der Waals surface area contributed by atoms with Crippen molar-refractivity contribution in [2.75, 3.05) is 6.26 Å². The minimum Gasteiger partial charge on any atom is -0.478 e. The van der Waals surface area contributed by atoms with Gasteiger partial charge in [-0.25, -0.2) is 13.2 Å². The lowest BCUT2D eigenvalue weighted by Crippen LogP contribution is -2.01. The normalized spacial score (nSPS) is 11.1. The molecule has 0 aliphatic heterocycles. The summed E-state index contributed by atoms with van der Waals surface area (Å²) in [6.45, 7) is 1.66. The highest BCUT2D eigenvalue weighted by Gasteiger charge is 2.12. The highest BCUT2D eigenvalue weighted by molar-refractivity contribution is 7.90. The minimum absolute atomic E-state index is 0.167. The van der Waals surface area contributed by atoms with Crippen molar-refractivity contribution in [3.05, 3.63) is 53.6 Å². The number of aromatic carboxylic acids is 1. The first-order valence-corrected chi connectivity index (χ1v) is 7.99. The molecule has 0 bridgehead atoms. The average molecular weight is 306 g/mol. The summed E-state index contributed by atoms with van der Waals surface area (Å²) in [5, 5.41) is 9.06. The van der Waals surface area contributed by atoms with Gasteiger partial charge in [-0.3, -0.25) is 0 Å². The third-order valence-corrected chi connectivity index (χ3v) is 4.12. The maximum absolute atomic E-state index is 11.4. The van der Waals surface area contributed by atoms with Crippen LogP contribution in [0.2, 0.25) is 0 Å². The molecular weight excluding hydrogens is 292 g/mol. The Balaban J connectivity index is 2.31. The molecule has 2 aromatic rings. The van der Waals surface area contributed by atoms with Gasteiger partial charge < -0.3 is 9.84 Å². The average Bonchev–Trinajstić information content (AvgIpc) is 2.40. The Kier molecular flexibility index (Phi) is 3.99. The van der Waals surface area contributed by atoms with Crippen LogP contribution in [0.4, 0.5) is 0 Å². The first-order valence-electron chi connectivity index (χ1n) is 6.10. The van der Waals surface area contributed by atoms with E-state index in [1.165, 1.54) is 30.3 Å². The van der Waals surface area contributed by atoms with E-state index in [0.29, 0.717) is 17.1 Å². The molecule has 0 aromatic heterocycles. The fourth-order valence-electron chi connectivity index (χ4n) is 1.84. The van der Waals surface area contributed by atoms with Crippen LogP contribution in [0.5, 0.6) is 11.5 Å². The van der Waals surface area contributed by atoms with Crippen LogP contribution < -0.4 is 4.74 Å². The Morgan fingerprint density at radius 3 is 2.24 bits per heavy atom. The van der Waals surface area contributed by atoms with Crippen molar-refractivity contribution in [3.8, 4) is 11.5 Å². The van der Waals surface area contributed by atoms with E-state index < -0.39 is 15.8 Å². The number of carboxylic acids is 1. The van der Waals surface area contributed by atoms with Crippen molar-refractivity contribution in [1.82, 2.24) is 0 Å². The lowest BCUT2D eigenvalue weighted by molar-refractivity contribution is 0.0695. The molecule has 5 nitrogen and oxygen atoms in total. The fraction of sp³-hybridized carbons (Fsp3) is 0.133. The van der Waals surface area contributed by atoms with E-state index in [4.69, 9.17) is 9.84 Å². The van der Waals surface area contributed by atoms with Gasteiger partial charge in [0, 0.05) is 11.8 Å². The van der Waals surface area contributed by atoms with Crippen LogP contribution in [0.15, 0.2) is 47.4 Å². The molecule has 6 heteroatoms. The van der Waals surface area contributed by atoms with Crippen LogP contribution in [0, 0.1) is 6.92 Å². The summed E-state index contributed by atoms with van der Waals surface area (Å²) in [4.78, 5) is 11.3. The number of ether oxygens (including phenoxy) is 1. The monoisotopic (exact) mass is 306 g/mol. The molecule has 2 rings (SSSR count). The molecule has 0 spiro atoms. The van der Waals surface area contributed by atoms with Gasteiger partial charge in [0.1, 0.15) is 11.5 Å². The quantitative estimate of drug-likeness (QED) is 0.939. The zero-order valence-corrected chi connectivity index (χ0v) is 12.3. The van der Waals surface area contributed by atoms with Crippen LogP contribution in [0.1, 0.15) is 15.9 Å². The Hall–Kier alpha value is -2.34.